The van der Waals surface area contributed by atoms with Gasteiger partial charge in [-0.15, -0.1) is 0 Å². The lowest BCUT2D eigenvalue weighted by molar-refractivity contribution is -0.370. The van der Waals surface area contributed by atoms with E-state index in [4.69, 9.17) is 0 Å². The third-order valence-corrected chi connectivity index (χ3v) is 3.11. The number of imide groups is 1. The number of nitrogens with zero attached hydrogens (tertiary/aromatic N) is 1. The van der Waals surface area contributed by atoms with Crippen molar-refractivity contribution in [1.29, 1.82) is 0 Å². The number of amides is 3. The monoisotopic (exact) mass is 269 g/mol. The van der Waals surface area contributed by atoms with Crippen molar-refractivity contribution in [2.24, 2.45) is 0 Å². The van der Waals surface area contributed by atoms with Gasteiger partial charge in [0.15, 0.2) is 5.54 Å². The van der Waals surface area contributed by atoms with Gasteiger partial charge in [-0.2, -0.15) is 0 Å². The summed E-state index contributed by atoms with van der Waals surface area (Å²) in [5, 5.41) is 2.78. The van der Waals surface area contributed by atoms with E-state index in [9.17, 15) is 9.59 Å². The summed E-state index contributed by atoms with van der Waals surface area (Å²) in [4.78, 5) is 25.0. The van der Waals surface area contributed by atoms with Crippen molar-refractivity contribution in [3.05, 3.63) is 35.9 Å². The van der Waals surface area contributed by atoms with E-state index >= 15 is 0 Å². The van der Waals surface area contributed by atoms with Crippen LogP contribution in [-0.4, -0.2) is 30.4 Å². The van der Waals surface area contributed by atoms with E-state index in [1.807, 2.05) is 30.3 Å². The highest BCUT2D eigenvalue weighted by atomic mass is 35.5. The molecule has 98 valence electrons. The molecule has 3 amide bonds. The van der Waals surface area contributed by atoms with Gasteiger partial charge in [-0.3, -0.25) is 9.69 Å². The predicted octanol–water partition coefficient (Wildman–Crippen LogP) is -3.30. The van der Waals surface area contributed by atoms with Crippen LogP contribution in [0, 0.1) is 0 Å². The first-order chi connectivity index (χ1) is 8.12. The van der Waals surface area contributed by atoms with Gasteiger partial charge in [-0.1, -0.05) is 30.3 Å². The number of carbonyl (C=O) groups excluding carboxylic acids is 2. The fraction of sp³-hybridized carbons (Fsp3) is 0.333. The zero-order valence-electron chi connectivity index (χ0n) is 10.1. The number of carbonyl (C=O) groups is 2. The molecule has 0 unspecified atom stereocenters. The molecule has 1 aliphatic rings. The number of rotatable bonds is 3. The van der Waals surface area contributed by atoms with Gasteiger partial charge in [0.25, 0.3) is 5.91 Å². The van der Waals surface area contributed by atoms with Crippen LogP contribution in [0.1, 0.15) is 12.0 Å². The highest BCUT2D eigenvalue weighted by Gasteiger charge is 2.50. The Morgan fingerprint density at radius 3 is 2.33 bits per heavy atom. The van der Waals surface area contributed by atoms with Crippen LogP contribution in [0.5, 0.6) is 0 Å². The summed E-state index contributed by atoms with van der Waals surface area (Å²) in [5.41, 5.74) is 3.66. The second kappa shape index (κ2) is 5.37. The second-order valence-electron chi connectivity index (χ2n) is 4.17. The van der Waals surface area contributed by atoms with Crippen molar-refractivity contribution >= 4 is 11.9 Å². The van der Waals surface area contributed by atoms with Crippen LogP contribution in [0.4, 0.5) is 4.79 Å². The maximum atomic E-state index is 12.2. The Balaban J connectivity index is 0.00000162. The molecule has 1 heterocycles. The minimum absolute atomic E-state index is 0. The van der Waals surface area contributed by atoms with Gasteiger partial charge in [0, 0.05) is 13.5 Å². The molecule has 0 aromatic heterocycles. The molecule has 0 aliphatic carbocycles. The summed E-state index contributed by atoms with van der Waals surface area (Å²) in [7, 11) is 1.49. The SMILES string of the molecule is CN1C(=O)N[C@@](CC[NH3+])(c2ccccc2)C1=O.[Cl-]. The van der Waals surface area contributed by atoms with Crippen molar-refractivity contribution in [3.63, 3.8) is 0 Å². The van der Waals surface area contributed by atoms with Gasteiger partial charge in [0.2, 0.25) is 0 Å². The van der Waals surface area contributed by atoms with Crippen LogP contribution in [-0.2, 0) is 10.3 Å². The Morgan fingerprint density at radius 1 is 1.28 bits per heavy atom. The Labute approximate surface area is 112 Å². The first kappa shape index (κ1) is 14.5. The van der Waals surface area contributed by atoms with E-state index in [1.54, 1.807) is 0 Å². The van der Waals surface area contributed by atoms with Gasteiger partial charge in [-0.25, -0.2) is 4.79 Å². The number of benzene rings is 1. The zero-order chi connectivity index (χ0) is 12.5. The van der Waals surface area contributed by atoms with Crippen molar-refractivity contribution in [2.75, 3.05) is 13.6 Å². The van der Waals surface area contributed by atoms with Crippen molar-refractivity contribution in [3.8, 4) is 0 Å². The summed E-state index contributed by atoms with van der Waals surface area (Å²) in [6.07, 6.45) is 0.506. The van der Waals surface area contributed by atoms with E-state index in [0.29, 0.717) is 13.0 Å². The number of urea groups is 1. The molecular weight excluding hydrogens is 254 g/mol. The zero-order valence-corrected chi connectivity index (χ0v) is 10.9. The first-order valence-corrected chi connectivity index (χ1v) is 5.57. The first-order valence-electron chi connectivity index (χ1n) is 5.57. The molecule has 0 radical (unpaired) electrons. The van der Waals surface area contributed by atoms with E-state index in [1.165, 1.54) is 7.05 Å². The van der Waals surface area contributed by atoms with Gasteiger partial charge in [-0.05, 0) is 5.56 Å². The number of hydrogen-bond donors (Lipinski definition) is 2. The van der Waals surface area contributed by atoms with Crippen molar-refractivity contribution in [1.82, 2.24) is 10.2 Å². The molecule has 1 atom stereocenters. The minimum atomic E-state index is -0.936. The van der Waals surface area contributed by atoms with Crippen LogP contribution in [0.3, 0.4) is 0 Å². The Kier molecular flexibility index (Phi) is 4.32. The molecule has 4 N–H and O–H groups in total. The van der Waals surface area contributed by atoms with E-state index in [0.717, 1.165) is 10.5 Å². The lowest BCUT2D eigenvalue weighted by atomic mass is 9.86. The van der Waals surface area contributed by atoms with Crippen LogP contribution in [0.15, 0.2) is 30.3 Å². The lowest BCUT2D eigenvalue weighted by Crippen LogP contribution is -3.00. The molecule has 1 saturated heterocycles. The fourth-order valence-corrected chi connectivity index (χ4v) is 2.20. The van der Waals surface area contributed by atoms with Crippen LogP contribution < -0.4 is 23.5 Å². The molecule has 5 nitrogen and oxygen atoms in total. The van der Waals surface area contributed by atoms with Gasteiger partial charge < -0.3 is 23.5 Å². The summed E-state index contributed by atoms with van der Waals surface area (Å²) < 4.78 is 0. The molecule has 18 heavy (non-hydrogen) atoms. The summed E-state index contributed by atoms with van der Waals surface area (Å²) in [6, 6.07) is 8.95. The molecule has 1 aromatic rings. The highest BCUT2D eigenvalue weighted by Crippen LogP contribution is 2.31. The predicted molar refractivity (Wildman–Crippen MR) is 61.8 cm³/mol. The number of likely N-dealkylation sites (N-methyl/N-ethyl adjacent to an activating group) is 1. The largest absolute Gasteiger partial charge is 1.00 e. The van der Waals surface area contributed by atoms with Crippen LogP contribution in [0.2, 0.25) is 0 Å². The third-order valence-electron chi connectivity index (χ3n) is 3.11. The highest BCUT2D eigenvalue weighted by molar-refractivity contribution is 6.07. The Hall–Kier alpha value is -1.59. The topological polar surface area (TPSA) is 77.1 Å². The fourth-order valence-electron chi connectivity index (χ4n) is 2.20. The molecular formula is C12H16ClN3O2. The van der Waals surface area contributed by atoms with Gasteiger partial charge in [0.1, 0.15) is 0 Å². The average Bonchev–Trinajstić information content (AvgIpc) is 2.57. The molecule has 0 spiro atoms. The normalized spacial score (nSPS) is 22.7. The molecule has 2 rings (SSSR count). The second-order valence-corrected chi connectivity index (χ2v) is 4.17. The molecule has 6 heteroatoms. The summed E-state index contributed by atoms with van der Waals surface area (Å²) in [5.74, 6) is -0.211. The van der Waals surface area contributed by atoms with Gasteiger partial charge in [0.05, 0.1) is 6.54 Å². The van der Waals surface area contributed by atoms with Crippen LogP contribution >= 0.6 is 0 Å². The Bertz CT molecular complexity index is 452. The maximum Gasteiger partial charge on any atom is 0.325 e. The third kappa shape index (κ3) is 2.07. The van der Waals surface area contributed by atoms with E-state index < -0.39 is 5.54 Å². The molecule has 0 saturated carbocycles. The quantitative estimate of drug-likeness (QED) is 0.564. The van der Waals surface area contributed by atoms with Gasteiger partial charge >= 0.3 is 6.03 Å². The number of nitrogens with one attached hydrogen (secondary N) is 1. The van der Waals surface area contributed by atoms with Crippen LogP contribution in [0.25, 0.3) is 0 Å². The number of halogens is 1. The average molecular weight is 270 g/mol. The van der Waals surface area contributed by atoms with E-state index in [2.05, 4.69) is 11.1 Å². The minimum Gasteiger partial charge on any atom is -1.00 e. The number of hydrogen-bond acceptors (Lipinski definition) is 2. The lowest BCUT2D eigenvalue weighted by Gasteiger charge is -2.25. The molecule has 0 bridgehead atoms. The standard InChI is InChI=1S/C12H15N3O2.ClH/c1-15-10(16)12(7-8-13,14-11(15)17)9-5-3-2-4-6-9;/h2-6H,7-8,13H2,1H3,(H,14,17);1H/t12-;/m0./s1. The molecule has 1 aliphatic heterocycles. The molecule has 1 aromatic carbocycles. The summed E-state index contributed by atoms with van der Waals surface area (Å²) in [6.45, 7) is 0.578. The maximum absolute atomic E-state index is 12.2. The number of quaternary nitrogens is 1. The molecule has 1 fully saturated rings. The summed E-state index contributed by atoms with van der Waals surface area (Å²) >= 11 is 0. The van der Waals surface area contributed by atoms with Crippen molar-refractivity contribution in [2.45, 2.75) is 12.0 Å². The Morgan fingerprint density at radius 2 is 1.89 bits per heavy atom. The smallest absolute Gasteiger partial charge is 0.325 e. The van der Waals surface area contributed by atoms with Crippen molar-refractivity contribution < 1.29 is 27.7 Å². The van der Waals surface area contributed by atoms with E-state index in [-0.39, 0.29) is 24.3 Å².